The molecule has 0 aliphatic rings. The molecule has 1 unspecified atom stereocenters. The molecular weight excluding hydrogens is 254 g/mol. The maximum Gasteiger partial charge on any atom is 0.244 e. The second-order valence-corrected chi connectivity index (χ2v) is 6.05. The van der Waals surface area contributed by atoms with Crippen LogP contribution in [-0.4, -0.2) is 23.9 Å². The first-order valence-electron chi connectivity index (χ1n) is 6.56. The van der Waals surface area contributed by atoms with Crippen LogP contribution in [0.3, 0.4) is 0 Å². The Bertz CT molecular complexity index is 476. The van der Waals surface area contributed by atoms with Crippen molar-refractivity contribution in [2.45, 2.75) is 38.8 Å². The van der Waals surface area contributed by atoms with Crippen molar-refractivity contribution in [3.05, 3.63) is 35.9 Å². The molecule has 2 amide bonds. The van der Waals surface area contributed by atoms with Crippen LogP contribution < -0.4 is 16.4 Å². The first-order chi connectivity index (χ1) is 9.13. The summed E-state index contributed by atoms with van der Waals surface area (Å²) in [4.78, 5) is 23.8. The lowest BCUT2D eigenvalue weighted by Crippen LogP contribution is -2.52. The topological polar surface area (TPSA) is 84.2 Å². The Morgan fingerprint density at radius 3 is 2.15 bits per heavy atom. The molecule has 4 N–H and O–H groups in total. The highest BCUT2D eigenvalue weighted by molar-refractivity contribution is 5.90. The number of nitrogens with two attached hydrogens (primary N) is 1. The molecule has 0 aliphatic heterocycles. The van der Waals surface area contributed by atoms with Gasteiger partial charge in [0.15, 0.2) is 0 Å². The van der Waals surface area contributed by atoms with Crippen molar-refractivity contribution in [2.75, 3.05) is 6.54 Å². The predicted octanol–water partition coefficient (Wildman–Crippen LogP) is 0.891. The molecule has 0 saturated carbocycles. The van der Waals surface area contributed by atoms with Crippen molar-refractivity contribution in [3.63, 3.8) is 0 Å². The van der Waals surface area contributed by atoms with Gasteiger partial charge in [0.25, 0.3) is 0 Å². The largest absolute Gasteiger partial charge is 0.350 e. The third-order valence-electron chi connectivity index (χ3n) is 2.77. The van der Waals surface area contributed by atoms with Crippen LogP contribution in [0.2, 0.25) is 0 Å². The Balaban J connectivity index is 2.61. The average Bonchev–Trinajstić information content (AvgIpc) is 2.35. The number of nitrogens with one attached hydrogen (secondary N) is 2. The number of carbonyl (C=O) groups excluding carboxylic acids is 2. The van der Waals surface area contributed by atoms with Gasteiger partial charge in [-0.05, 0) is 33.3 Å². The molecule has 5 heteroatoms. The van der Waals surface area contributed by atoms with Crippen LogP contribution in [0.5, 0.6) is 0 Å². The van der Waals surface area contributed by atoms with Gasteiger partial charge in [-0.1, -0.05) is 30.3 Å². The Hall–Kier alpha value is -1.88. The fraction of sp³-hybridized carbons (Fsp3) is 0.467. The van der Waals surface area contributed by atoms with Crippen molar-refractivity contribution in [1.29, 1.82) is 0 Å². The van der Waals surface area contributed by atoms with Gasteiger partial charge in [0.05, 0.1) is 6.54 Å². The van der Waals surface area contributed by atoms with E-state index in [0.29, 0.717) is 5.56 Å². The zero-order valence-electron chi connectivity index (χ0n) is 12.5. The van der Waals surface area contributed by atoms with E-state index in [0.717, 1.165) is 0 Å². The molecule has 1 rings (SSSR count). The molecule has 1 aromatic carbocycles. The fourth-order valence-corrected chi connectivity index (χ4v) is 1.72. The summed E-state index contributed by atoms with van der Waals surface area (Å²) < 4.78 is 0. The quantitative estimate of drug-likeness (QED) is 0.764. The molecule has 1 atom stereocenters. The lowest BCUT2D eigenvalue weighted by molar-refractivity contribution is -0.129. The van der Waals surface area contributed by atoms with Crippen molar-refractivity contribution < 1.29 is 9.59 Å². The van der Waals surface area contributed by atoms with E-state index in [4.69, 9.17) is 5.73 Å². The van der Waals surface area contributed by atoms with Crippen molar-refractivity contribution in [1.82, 2.24) is 10.6 Å². The van der Waals surface area contributed by atoms with Crippen molar-refractivity contribution in [2.24, 2.45) is 5.73 Å². The van der Waals surface area contributed by atoms with Crippen LogP contribution in [0, 0.1) is 0 Å². The highest BCUT2D eigenvalue weighted by atomic mass is 16.2. The maximum absolute atomic E-state index is 12.1. The molecule has 110 valence electrons. The van der Waals surface area contributed by atoms with E-state index in [-0.39, 0.29) is 23.9 Å². The summed E-state index contributed by atoms with van der Waals surface area (Å²) in [5.74, 6) is -0.623. The van der Waals surface area contributed by atoms with Gasteiger partial charge < -0.3 is 16.4 Å². The minimum atomic E-state index is -1.16. The van der Waals surface area contributed by atoms with E-state index < -0.39 is 5.54 Å². The minimum absolute atomic E-state index is 0.0876. The van der Waals surface area contributed by atoms with Crippen LogP contribution in [0.4, 0.5) is 0 Å². The van der Waals surface area contributed by atoms with Crippen LogP contribution in [0.1, 0.15) is 33.3 Å². The second kappa shape index (κ2) is 6.05. The van der Waals surface area contributed by atoms with Crippen LogP contribution in [0.25, 0.3) is 0 Å². The standard InChI is InChI=1S/C15H23N3O2/c1-14(2,3)18-12(19)10-17-13(20)15(4,16)11-8-6-5-7-9-11/h5-9H,10,16H2,1-4H3,(H,17,20)(H,18,19). The van der Waals surface area contributed by atoms with E-state index in [1.807, 2.05) is 39.0 Å². The number of carbonyl (C=O) groups is 2. The zero-order chi connectivity index (χ0) is 15.4. The summed E-state index contributed by atoms with van der Waals surface area (Å²) in [6.07, 6.45) is 0. The first-order valence-corrected chi connectivity index (χ1v) is 6.56. The highest BCUT2D eigenvalue weighted by Crippen LogP contribution is 2.17. The van der Waals surface area contributed by atoms with Crippen molar-refractivity contribution in [3.8, 4) is 0 Å². The summed E-state index contributed by atoms with van der Waals surface area (Å²) in [6, 6.07) is 9.07. The molecule has 1 aromatic rings. The van der Waals surface area contributed by atoms with Gasteiger partial charge >= 0.3 is 0 Å². The summed E-state index contributed by atoms with van der Waals surface area (Å²) in [6.45, 7) is 7.17. The maximum atomic E-state index is 12.1. The number of rotatable bonds is 4. The minimum Gasteiger partial charge on any atom is -0.350 e. The summed E-state index contributed by atoms with van der Waals surface area (Å²) in [5.41, 5.74) is 5.26. The second-order valence-electron chi connectivity index (χ2n) is 6.05. The third-order valence-corrected chi connectivity index (χ3v) is 2.77. The molecule has 0 bridgehead atoms. The SMILES string of the molecule is CC(C)(C)NC(=O)CNC(=O)C(C)(N)c1ccccc1. The molecule has 0 spiro atoms. The first kappa shape index (κ1) is 16.2. The summed E-state index contributed by atoms with van der Waals surface area (Å²) in [7, 11) is 0. The van der Waals surface area contributed by atoms with Gasteiger partial charge in [-0.15, -0.1) is 0 Å². The average molecular weight is 277 g/mol. The van der Waals surface area contributed by atoms with E-state index in [1.54, 1.807) is 19.1 Å². The highest BCUT2D eigenvalue weighted by Gasteiger charge is 2.30. The fourth-order valence-electron chi connectivity index (χ4n) is 1.72. The Labute approximate surface area is 119 Å². The Morgan fingerprint density at radius 1 is 1.10 bits per heavy atom. The normalized spacial score (nSPS) is 14.2. The molecule has 5 nitrogen and oxygen atoms in total. The van der Waals surface area contributed by atoms with Gasteiger partial charge in [-0.25, -0.2) is 0 Å². The van der Waals surface area contributed by atoms with E-state index in [1.165, 1.54) is 0 Å². The third kappa shape index (κ3) is 4.66. The lowest BCUT2D eigenvalue weighted by atomic mass is 9.92. The van der Waals surface area contributed by atoms with Crippen molar-refractivity contribution >= 4 is 11.8 Å². The van der Waals surface area contributed by atoms with Gasteiger partial charge in [0, 0.05) is 5.54 Å². The van der Waals surface area contributed by atoms with Crippen LogP contribution in [0.15, 0.2) is 30.3 Å². The molecule has 20 heavy (non-hydrogen) atoms. The molecular formula is C15H23N3O2. The summed E-state index contributed by atoms with van der Waals surface area (Å²) >= 11 is 0. The monoisotopic (exact) mass is 277 g/mol. The number of benzene rings is 1. The smallest absolute Gasteiger partial charge is 0.244 e. The van der Waals surface area contributed by atoms with Gasteiger partial charge in [-0.3, -0.25) is 9.59 Å². The molecule has 0 heterocycles. The molecule has 0 aliphatic carbocycles. The van der Waals surface area contributed by atoms with Crippen LogP contribution >= 0.6 is 0 Å². The molecule has 0 aromatic heterocycles. The number of amides is 2. The van der Waals surface area contributed by atoms with E-state index >= 15 is 0 Å². The molecule has 0 saturated heterocycles. The molecule has 0 radical (unpaired) electrons. The lowest BCUT2D eigenvalue weighted by Gasteiger charge is -2.25. The number of hydrogen-bond acceptors (Lipinski definition) is 3. The van der Waals surface area contributed by atoms with Gasteiger partial charge in [0.2, 0.25) is 11.8 Å². The van der Waals surface area contributed by atoms with Gasteiger partial charge in [0.1, 0.15) is 5.54 Å². The predicted molar refractivity (Wildman–Crippen MR) is 78.9 cm³/mol. The van der Waals surface area contributed by atoms with E-state index in [2.05, 4.69) is 10.6 Å². The summed E-state index contributed by atoms with van der Waals surface area (Å²) in [5, 5.41) is 5.34. The van der Waals surface area contributed by atoms with E-state index in [9.17, 15) is 9.59 Å². The van der Waals surface area contributed by atoms with Gasteiger partial charge in [-0.2, -0.15) is 0 Å². The number of hydrogen-bond donors (Lipinski definition) is 3. The van der Waals surface area contributed by atoms with Crippen LogP contribution in [-0.2, 0) is 15.1 Å². The zero-order valence-corrected chi connectivity index (χ0v) is 12.5. The Kier molecular flexibility index (Phi) is 4.89. The molecule has 0 fully saturated rings. The Morgan fingerprint density at radius 2 is 1.65 bits per heavy atom.